The van der Waals surface area contributed by atoms with E-state index in [0.29, 0.717) is 19.8 Å². The number of hydrogen-bond acceptors (Lipinski definition) is 4. The highest BCUT2D eigenvalue weighted by molar-refractivity contribution is 5.37. The van der Waals surface area contributed by atoms with Crippen LogP contribution >= 0.6 is 0 Å². The molecule has 0 spiro atoms. The number of β-amino-alcohol motifs (C(OH)–C–C–N with tert-alkyl or cyclic N) is 1. The van der Waals surface area contributed by atoms with Crippen molar-refractivity contribution >= 4 is 0 Å². The Kier molecular flexibility index (Phi) is 5.28. The smallest absolute Gasteiger partial charge is 0.115 e. The second-order valence-electron chi connectivity index (χ2n) is 5.99. The molecule has 4 heteroatoms. The van der Waals surface area contributed by atoms with Crippen LogP contribution in [0, 0.1) is 0 Å². The highest BCUT2D eigenvalue weighted by Gasteiger charge is 2.21. The first-order valence-electron chi connectivity index (χ1n) is 8.06. The van der Waals surface area contributed by atoms with E-state index in [-0.39, 0.29) is 5.75 Å². The fourth-order valence-corrected chi connectivity index (χ4v) is 3.01. The molecule has 1 aliphatic heterocycles. The number of ether oxygens (including phenoxy) is 1. The van der Waals surface area contributed by atoms with Crippen molar-refractivity contribution in [2.45, 2.75) is 19.1 Å². The first-order valence-corrected chi connectivity index (χ1v) is 8.06. The van der Waals surface area contributed by atoms with Crippen LogP contribution in [0.1, 0.15) is 22.8 Å². The van der Waals surface area contributed by atoms with Crippen molar-refractivity contribution in [3.8, 4) is 5.75 Å². The Balaban J connectivity index is 1.49. The Bertz CT molecular complexity index is 630. The van der Waals surface area contributed by atoms with Gasteiger partial charge in [0.05, 0.1) is 19.3 Å². The van der Waals surface area contributed by atoms with Gasteiger partial charge in [-0.15, -0.1) is 0 Å². The van der Waals surface area contributed by atoms with Crippen molar-refractivity contribution in [2.75, 3.05) is 26.2 Å². The highest BCUT2D eigenvalue weighted by atomic mass is 16.5. The maximum atomic E-state index is 10.4. The van der Waals surface area contributed by atoms with Gasteiger partial charge in [0.15, 0.2) is 0 Å². The zero-order chi connectivity index (χ0) is 16.1. The van der Waals surface area contributed by atoms with Crippen LogP contribution in [0.15, 0.2) is 48.5 Å². The zero-order valence-corrected chi connectivity index (χ0v) is 13.2. The first kappa shape index (κ1) is 16.0. The summed E-state index contributed by atoms with van der Waals surface area (Å²) in [6.45, 7) is 3.52. The lowest BCUT2D eigenvalue weighted by Gasteiger charge is -2.21. The Morgan fingerprint density at radius 3 is 2.78 bits per heavy atom. The van der Waals surface area contributed by atoms with Crippen molar-refractivity contribution in [1.29, 1.82) is 0 Å². The summed E-state index contributed by atoms with van der Waals surface area (Å²) >= 11 is 0. The van der Waals surface area contributed by atoms with Gasteiger partial charge in [-0.3, -0.25) is 4.90 Å². The van der Waals surface area contributed by atoms with Crippen LogP contribution in [0.2, 0.25) is 0 Å². The first-order chi connectivity index (χ1) is 11.2. The van der Waals surface area contributed by atoms with Gasteiger partial charge in [0.1, 0.15) is 5.75 Å². The summed E-state index contributed by atoms with van der Waals surface area (Å²) in [4.78, 5) is 2.21. The number of phenols is 1. The number of phenolic OH excluding ortho intramolecular Hbond substituents is 1. The largest absolute Gasteiger partial charge is 0.508 e. The third-order valence-corrected chi connectivity index (χ3v) is 4.28. The summed E-state index contributed by atoms with van der Waals surface area (Å²) in [5, 5.41) is 20.0. The van der Waals surface area contributed by atoms with E-state index in [1.807, 2.05) is 24.3 Å². The minimum Gasteiger partial charge on any atom is -0.508 e. The summed E-state index contributed by atoms with van der Waals surface area (Å²) in [6, 6.07) is 15.3. The van der Waals surface area contributed by atoms with Crippen molar-refractivity contribution in [2.24, 2.45) is 0 Å². The molecule has 0 aliphatic carbocycles. The number of aliphatic hydroxyl groups is 1. The van der Waals surface area contributed by atoms with Crippen molar-refractivity contribution in [3.63, 3.8) is 0 Å². The lowest BCUT2D eigenvalue weighted by molar-refractivity contribution is 0.0699. The van der Waals surface area contributed by atoms with E-state index in [9.17, 15) is 10.2 Å². The quantitative estimate of drug-likeness (QED) is 0.833. The average Bonchev–Trinajstić information content (AvgIpc) is 2.71. The number of aliphatic hydroxyl groups excluding tert-OH is 1. The van der Waals surface area contributed by atoms with E-state index in [1.54, 1.807) is 12.1 Å². The van der Waals surface area contributed by atoms with Gasteiger partial charge in [-0.1, -0.05) is 36.4 Å². The number of hydrogen-bond donors (Lipinski definition) is 2. The summed E-state index contributed by atoms with van der Waals surface area (Å²) in [5.74, 6) is 0.260. The van der Waals surface area contributed by atoms with E-state index in [0.717, 1.165) is 30.6 Å². The number of benzene rings is 2. The van der Waals surface area contributed by atoms with Crippen LogP contribution in [-0.4, -0.2) is 41.4 Å². The normalized spacial score (nSPS) is 18.4. The molecule has 4 nitrogen and oxygen atoms in total. The molecular formula is C19H23NO3. The number of fused-ring (bicyclic) bond motifs is 1. The van der Waals surface area contributed by atoms with Crippen LogP contribution < -0.4 is 0 Å². The Labute approximate surface area is 136 Å². The van der Waals surface area contributed by atoms with Crippen LogP contribution in [-0.2, 0) is 17.8 Å². The molecule has 122 valence electrons. The van der Waals surface area contributed by atoms with Crippen LogP contribution in [0.3, 0.4) is 0 Å². The fourth-order valence-electron chi connectivity index (χ4n) is 3.01. The third kappa shape index (κ3) is 4.32. The maximum Gasteiger partial charge on any atom is 0.115 e. The lowest BCUT2D eigenvalue weighted by Crippen LogP contribution is -2.31. The Hall–Kier alpha value is -1.88. The highest BCUT2D eigenvalue weighted by Crippen LogP contribution is 2.26. The summed E-state index contributed by atoms with van der Waals surface area (Å²) in [5.41, 5.74) is 3.13. The predicted molar refractivity (Wildman–Crippen MR) is 89.3 cm³/mol. The average molecular weight is 313 g/mol. The topological polar surface area (TPSA) is 52.9 Å². The van der Waals surface area contributed by atoms with Crippen molar-refractivity contribution in [3.05, 3.63) is 65.2 Å². The van der Waals surface area contributed by atoms with Gasteiger partial charge in [0.2, 0.25) is 0 Å². The SMILES string of the molecule is Oc1ccc2c(c1)CCN(CCOCc1ccccc1)CC2O. The monoisotopic (exact) mass is 313 g/mol. The second kappa shape index (κ2) is 7.59. The molecule has 1 atom stereocenters. The molecule has 23 heavy (non-hydrogen) atoms. The molecule has 0 bridgehead atoms. The van der Waals surface area contributed by atoms with Crippen LogP contribution in [0.5, 0.6) is 5.75 Å². The van der Waals surface area contributed by atoms with Gasteiger partial charge in [0, 0.05) is 19.6 Å². The molecule has 2 N–H and O–H groups in total. The molecule has 3 rings (SSSR count). The van der Waals surface area contributed by atoms with E-state index in [2.05, 4.69) is 17.0 Å². The van der Waals surface area contributed by atoms with Crippen LogP contribution in [0.25, 0.3) is 0 Å². The van der Waals surface area contributed by atoms with E-state index in [4.69, 9.17) is 4.74 Å². The molecule has 1 aliphatic rings. The van der Waals surface area contributed by atoms with Gasteiger partial charge in [0.25, 0.3) is 0 Å². The molecule has 2 aromatic rings. The second-order valence-corrected chi connectivity index (χ2v) is 5.99. The van der Waals surface area contributed by atoms with Gasteiger partial charge >= 0.3 is 0 Å². The molecule has 0 saturated carbocycles. The van der Waals surface area contributed by atoms with Crippen LogP contribution in [0.4, 0.5) is 0 Å². The lowest BCUT2D eigenvalue weighted by atomic mass is 10.0. The van der Waals surface area contributed by atoms with E-state index < -0.39 is 6.10 Å². The molecule has 0 radical (unpaired) electrons. The fraction of sp³-hybridized carbons (Fsp3) is 0.368. The minimum atomic E-state index is -0.512. The summed E-state index contributed by atoms with van der Waals surface area (Å²) in [7, 11) is 0. The third-order valence-electron chi connectivity index (χ3n) is 4.28. The standard InChI is InChI=1S/C19H23NO3/c21-17-6-7-18-16(12-17)8-9-20(13-19(18)22)10-11-23-14-15-4-2-1-3-5-15/h1-7,12,19,21-22H,8-11,13-14H2. The zero-order valence-electron chi connectivity index (χ0n) is 13.2. The predicted octanol–water partition coefficient (Wildman–Crippen LogP) is 2.50. The molecule has 0 fully saturated rings. The van der Waals surface area contributed by atoms with E-state index >= 15 is 0 Å². The molecular weight excluding hydrogens is 290 g/mol. The number of aromatic hydroxyl groups is 1. The maximum absolute atomic E-state index is 10.4. The van der Waals surface area contributed by atoms with Crippen molar-refractivity contribution in [1.82, 2.24) is 4.90 Å². The molecule has 0 amide bonds. The van der Waals surface area contributed by atoms with E-state index in [1.165, 1.54) is 5.56 Å². The molecule has 0 saturated heterocycles. The van der Waals surface area contributed by atoms with Gasteiger partial charge in [-0.25, -0.2) is 0 Å². The van der Waals surface area contributed by atoms with Gasteiger partial charge in [-0.05, 0) is 35.2 Å². The summed E-state index contributed by atoms with van der Waals surface area (Å²) < 4.78 is 5.73. The number of rotatable bonds is 5. The van der Waals surface area contributed by atoms with Crippen molar-refractivity contribution < 1.29 is 14.9 Å². The molecule has 2 aromatic carbocycles. The van der Waals surface area contributed by atoms with Gasteiger partial charge < -0.3 is 14.9 Å². The minimum absolute atomic E-state index is 0.260. The number of nitrogens with zero attached hydrogens (tertiary/aromatic N) is 1. The molecule has 1 unspecified atom stereocenters. The Morgan fingerprint density at radius 2 is 1.96 bits per heavy atom. The molecule has 1 heterocycles. The Morgan fingerprint density at radius 1 is 1.13 bits per heavy atom. The van der Waals surface area contributed by atoms with Gasteiger partial charge in [-0.2, -0.15) is 0 Å². The molecule has 0 aromatic heterocycles. The summed E-state index contributed by atoms with van der Waals surface area (Å²) in [6.07, 6.45) is 0.321.